The molecule has 1 atom stereocenters. The van der Waals surface area contributed by atoms with Gasteiger partial charge >= 0.3 is 0 Å². The molecule has 0 aromatic heterocycles. The van der Waals surface area contributed by atoms with E-state index in [2.05, 4.69) is 26.0 Å². The number of rotatable bonds is 3. The van der Waals surface area contributed by atoms with Gasteiger partial charge in [0, 0.05) is 17.1 Å². The fourth-order valence-electron chi connectivity index (χ4n) is 1.95. The van der Waals surface area contributed by atoms with Gasteiger partial charge in [0.05, 0.1) is 5.02 Å². The van der Waals surface area contributed by atoms with Crippen molar-refractivity contribution in [2.24, 2.45) is 0 Å². The van der Waals surface area contributed by atoms with E-state index in [0.29, 0.717) is 11.0 Å². The molecule has 2 rings (SSSR count). The van der Waals surface area contributed by atoms with Crippen LogP contribution in [0.25, 0.3) is 0 Å². The first-order chi connectivity index (χ1) is 8.90. The van der Waals surface area contributed by atoms with E-state index in [1.165, 1.54) is 0 Å². The van der Waals surface area contributed by atoms with Gasteiger partial charge in [0.1, 0.15) is 10.7 Å². The van der Waals surface area contributed by atoms with Gasteiger partial charge in [0.2, 0.25) is 10.0 Å². The standard InChI is InChI=1S/C11H13BrClFN2O2S/c12-8-4-10(14)11(5-9(8)13)19(17,18)16-7-2-1-3-15-6-7/h4-5,7,15-16H,1-3,6H2. The van der Waals surface area contributed by atoms with Crippen molar-refractivity contribution >= 4 is 37.6 Å². The Morgan fingerprint density at radius 2 is 2.21 bits per heavy atom. The van der Waals surface area contributed by atoms with Crippen LogP contribution < -0.4 is 10.0 Å². The summed E-state index contributed by atoms with van der Waals surface area (Å²) in [4.78, 5) is -0.425. The van der Waals surface area contributed by atoms with Crippen LogP contribution in [0, 0.1) is 5.82 Å². The number of piperidine rings is 1. The first-order valence-electron chi connectivity index (χ1n) is 5.78. The molecular weight excluding hydrogens is 359 g/mol. The summed E-state index contributed by atoms with van der Waals surface area (Å²) in [6.45, 7) is 1.42. The van der Waals surface area contributed by atoms with E-state index in [1.54, 1.807) is 0 Å². The minimum absolute atomic E-state index is 0.156. The van der Waals surface area contributed by atoms with Gasteiger partial charge in [0.15, 0.2) is 0 Å². The van der Waals surface area contributed by atoms with Crippen LogP contribution in [0.1, 0.15) is 12.8 Å². The lowest BCUT2D eigenvalue weighted by Crippen LogP contribution is -2.45. The maximum absolute atomic E-state index is 13.8. The smallest absolute Gasteiger partial charge is 0.243 e. The molecule has 0 aliphatic carbocycles. The van der Waals surface area contributed by atoms with Crippen molar-refractivity contribution in [2.45, 2.75) is 23.8 Å². The summed E-state index contributed by atoms with van der Waals surface area (Å²) in [5.41, 5.74) is 0. The van der Waals surface area contributed by atoms with E-state index in [-0.39, 0.29) is 11.1 Å². The molecule has 8 heteroatoms. The van der Waals surface area contributed by atoms with Crippen LogP contribution in [0.2, 0.25) is 5.02 Å². The number of sulfonamides is 1. The topological polar surface area (TPSA) is 58.2 Å². The number of hydrogen-bond acceptors (Lipinski definition) is 3. The van der Waals surface area contributed by atoms with Crippen molar-refractivity contribution in [2.75, 3.05) is 13.1 Å². The summed E-state index contributed by atoms with van der Waals surface area (Å²) in [7, 11) is -3.90. The van der Waals surface area contributed by atoms with Gasteiger partial charge in [-0.1, -0.05) is 11.6 Å². The Balaban J connectivity index is 2.26. The van der Waals surface area contributed by atoms with Crippen molar-refractivity contribution in [3.8, 4) is 0 Å². The van der Waals surface area contributed by atoms with Gasteiger partial charge in [0.25, 0.3) is 0 Å². The molecule has 0 amide bonds. The van der Waals surface area contributed by atoms with E-state index in [4.69, 9.17) is 11.6 Å². The first kappa shape index (κ1) is 15.2. The molecule has 1 fully saturated rings. The molecule has 1 saturated heterocycles. The Bertz CT molecular complexity index is 576. The predicted molar refractivity (Wildman–Crippen MR) is 75.3 cm³/mol. The highest BCUT2D eigenvalue weighted by atomic mass is 79.9. The lowest BCUT2D eigenvalue weighted by molar-refractivity contribution is 0.427. The third kappa shape index (κ3) is 3.66. The normalized spacial score (nSPS) is 20.5. The molecule has 1 aliphatic rings. The Hall–Kier alpha value is -0.210. The van der Waals surface area contributed by atoms with Crippen LogP contribution in [0.15, 0.2) is 21.5 Å². The van der Waals surface area contributed by atoms with Gasteiger partial charge in [-0.2, -0.15) is 0 Å². The fraction of sp³-hybridized carbons (Fsp3) is 0.455. The first-order valence-corrected chi connectivity index (χ1v) is 8.43. The highest BCUT2D eigenvalue weighted by Crippen LogP contribution is 2.28. The van der Waals surface area contributed by atoms with Crippen LogP contribution in [0.5, 0.6) is 0 Å². The molecule has 0 radical (unpaired) electrons. The summed E-state index contributed by atoms with van der Waals surface area (Å²) < 4.78 is 40.8. The highest BCUT2D eigenvalue weighted by molar-refractivity contribution is 9.10. The summed E-state index contributed by atoms with van der Waals surface area (Å²) in [6, 6.07) is 1.94. The van der Waals surface area contributed by atoms with Gasteiger partial charge < -0.3 is 5.32 Å². The van der Waals surface area contributed by atoms with Crippen molar-refractivity contribution in [1.29, 1.82) is 0 Å². The predicted octanol–water partition coefficient (Wildman–Crippen LogP) is 2.27. The SMILES string of the molecule is O=S(=O)(NC1CCCNC1)c1cc(Cl)c(Br)cc1F. The van der Waals surface area contributed by atoms with Gasteiger partial charge in [-0.25, -0.2) is 17.5 Å². The zero-order valence-corrected chi connectivity index (χ0v) is 13.1. The Labute approximate surface area is 124 Å². The summed E-state index contributed by atoms with van der Waals surface area (Å²) in [6.07, 6.45) is 1.62. The number of benzene rings is 1. The molecule has 19 heavy (non-hydrogen) atoms. The maximum Gasteiger partial charge on any atom is 0.243 e. The summed E-state index contributed by atoms with van der Waals surface area (Å²) in [5.74, 6) is -0.826. The van der Waals surface area contributed by atoms with Crippen molar-refractivity contribution in [1.82, 2.24) is 10.0 Å². The molecule has 1 unspecified atom stereocenters. The molecule has 106 valence electrons. The zero-order valence-electron chi connectivity index (χ0n) is 9.92. The third-order valence-electron chi connectivity index (χ3n) is 2.88. The van der Waals surface area contributed by atoms with Crippen molar-refractivity contribution in [3.63, 3.8) is 0 Å². The van der Waals surface area contributed by atoms with E-state index >= 15 is 0 Å². The van der Waals surface area contributed by atoms with E-state index < -0.39 is 20.7 Å². The van der Waals surface area contributed by atoms with Crippen LogP contribution >= 0.6 is 27.5 Å². The van der Waals surface area contributed by atoms with Crippen LogP contribution in [-0.2, 0) is 10.0 Å². The van der Waals surface area contributed by atoms with Crippen molar-refractivity contribution in [3.05, 3.63) is 27.4 Å². The molecule has 2 N–H and O–H groups in total. The van der Waals surface area contributed by atoms with Crippen LogP contribution in [0.3, 0.4) is 0 Å². The number of nitrogens with one attached hydrogen (secondary N) is 2. The molecule has 1 aromatic rings. The molecule has 0 spiro atoms. The Morgan fingerprint density at radius 1 is 1.47 bits per heavy atom. The molecule has 1 aromatic carbocycles. The summed E-state index contributed by atoms with van der Waals surface area (Å²) in [5, 5.41) is 3.25. The molecule has 0 bridgehead atoms. The van der Waals surface area contributed by atoms with E-state index in [0.717, 1.165) is 31.5 Å². The Kier molecular flexibility index (Phi) is 4.84. The minimum atomic E-state index is -3.90. The van der Waals surface area contributed by atoms with Crippen LogP contribution in [0.4, 0.5) is 4.39 Å². The average Bonchev–Trinajstić information content (AvgIpc) is 2.34. The second kappa shape index (κ2) is 6.05. The maximum atomic E-state index is 13.8. The van der Waals surface area contributed by atoms with Crippen molar-refractivity contribution < 1.29 is 12.8 Å². The monoisotopic (exact) mass is 370 g/mol. The minimum Gasteiger partial charge on any atom is -0.315 e. The van der Waals surface area contributed by atoms with E-state index in [9.17, 15) is 12.8 Å². The third-order valence-corrected chi connectivity index (χ3v) is 5.62. The zero-order chi connectivity index (χ0) is 14.0. The van der Waals surface area contributed by atoms with Crippen LogP contribution in [-0.4, -0.2) is 27.5 Å². The summed E-state index contributed by atoms with van der Waals surface area (Å²) >= 11 is 8.86. The lowest BCUT2D eigenvalue weighted by atomic mass is 10.1. The Morgan fingerprint density at radius 3 is 2.84 bits per heavy atom. The number of halogens is 3. The molecule has 1 aliphatic heterocycles. The second-order valence-electron chi connectivity index (χ2n) is 4.36. The largest absolute Gasteiger partial charge is 0.315 e. The lowest BCUT2D eigenvalue weighted by Gasteiger charge is -2.23. The van der Waals surface area contributed by atoms with E-state index in [1.807, 2.05) is 0 Å². The molecular formula is C11H13BrClFN2O2S. The quantitative estimate of drug-likeness (QED) is 0.802. The fourth-order valence-corrected chi connectivity index (χ4v) is 3.84. The number of hydrogen-bond donors (Lipinski definition) is 2. The average molecular weight is 372 g/mol. The van der Waals surface area contributed by atoms with Gasteiger partial charge in [-0.3, -0.25) is 0 Å². The second-order valence-corrected chi connectivity index (χ2v) is 7.31. The van der Waals surface area contributed by atoms with Gasteiger partial charge in [-0.15, -0.1) is 0 Å². The molecule has 4 nitrogen and oxygen atoms in total. The van der Waals surface area contributed by atoms with Gasteiger partial charge in [-0.05, 0) is 47.4 Å². The highest BCUT2D eigenvalue weighted by Gasteiger charge is 2.25. The molecule has 0 saturated carbocycles. The molecule has 1 heterocycles.